The van der Waals surface area contributed by atoms with E-state index in [0.717, 1.165) is 24.1 Å². The summed E-state index contributed by atoms with van der Waals surface area (Å²) in [5, 5.41) is 3.12. The zero-order valence-corrected chi connectivity index (χ0v) is 17.1. The molecular formula is C24H26N2O4. The average molecular weight is 406 g/mol. The highest BCUT2D eigenvalue weighted by atomic mass is 16.7. The van der Waals surface area contributed by atoms with E-state index in [2.05, 4.69) is 23.5 Å². The molecule has 1 N–H and O–H groups in total. The molecule has 5 rings (SSSR count). The molecule has 0 spiro atoms. The summed E-state index contributed by atoms with van der Waals surface area (Å²) in [4.78, 5) is 27.1. The summed E-state index contributed by atoms with van der Waals surface area (Å²) in [6.07, 6.45) is 4.98. The lowest BCUT2D eigenvalue weighted by molar-refractivity contribution is -0.126. The number of carbonyl (C=O) groups is 2. The van der Waals surface area contributed by atoms with Crippen molar-refractivity contribution in [1.29, 1.82) is 0 Å². The third-order valence-corrected chi connectivity index (χ3v) is 6.39. The van der Waals surface area contributed by atoms with Gasteiger partial charge in [0.1, 0.15) is 0 Å². The summed E-state index contributed by atoms with van der Waals surface area (Å²) in [7, 11) is 0. The first-order valence-corrected chi connectivity index (χ1v) is 10.7. The Morgan fingerprint density at radius 2 is 1.87 bits per heavy atom. The van der Waals surface area contributed by atoms with Crippen LogP contribution in [0.1, 0.15) is 48.9 Å². The van der Waals surface area contributed by atoms with Gasteiger partial charge in [0.25, 0.3) is 0 Å². The van der Waals surface area contributed by atoms with Crippen molar-refractivity contribution >= 4 is 17.5 Å². The Labute approximate surface area is 176 Å². The monoisotopic (exact) mass is 406 g/mol. The van der Waals surface area contributed by atoms with Crippen LogP contribution in [0.25, 0.3) is 0 Å². The van der Waals surface area contributed by atoms with Crippen LogP contribution in [0.5, 0.6) is 11.5 Å². The van der Waals surface area contributed by atoms with Gasteiger partial charge in [0, 0.05) is 24.7 Å². The van der Waals surface area contributed by atoms with Crippen molar-refractivity contribution in [2.24, 2.45) is 5.92 Å². The summed E-state index contributed by atoms with van der Waals surface area (Å²) in [5.74, 6) is 0.836. The highest BCUT2D eigenvalue weighted by molar-refractivity contribution is 6.00. The highest BCUT2D eigenvalue weighted by Crippen LogP contribution is 2.37. The summed E-state index contributed by atoms with van der Waals surface area (Å²) in [6, 6.07) is 11.9. The third-order valence-electron chi connectivity index (χ3n) is 6.39. The minimum atomic E-state index is -0.358. The van der Waals surface area contributed by atoms with Crippen LogP contribution in [0, 0.1) is 5.92 Å². The average Bonchev–Trinajstić information content (AvgIpc) is 3.39. The molecule has 1 saturated heterocycles. The molecule has 1 fully saturated rings. The largest absolute Gasteiger partial charge is 0.454 e. The number of hydrogen-bond acceptors (Lipinski definition) is 4. The van der Waals surface area contributed by atoms with Gasteiger partial charge in [-0.1, -0.05) is 18.2 Å². The quantitative estimate of drug-likeness (QED) is 0.844. The van der Waals surface area contributed by atoms with Crippen molar-refractivity contribution in [2.75, 3.05) is 18.2 Å². The number of hydrogen-bond donors (Lipinski definition) is 1. The fourth-order valence-corrected chi connectivity index (χ4v) is 4.62. The van der Waals surface area contributed by atoms with Crippen molar-refractivity contribution in [3.8, 4) is 11.5 Å². The predicted molar refractivity (Wildman–Crippen MR) is 113 cm³/mol. The minimum Gasteiger partial charge on any atom is -0.454 e. The summed E-state index contributed by atoms with van der Waals surface area (Å²) in [5.41, 5.74) is 4.71. The first-order chi connectivity index (χ1) is 14.6. The number of nitrogens with one attached hydrogen (secondary N) is 1. The molecular weight excluding hydrogens is 380 g/mol. The lowest BCUT2D eigenvalue weighted by Gasteiger charge is -2.21. The number of fused-ring (bicyclic) bond motifs is 2. The zero-order valence-electron chi connectivity index (χ0n) is 17.1. The molecule has 1 aliphatic carbocycles. The van der Waals surface area contributed by atoms with E-state index in [1.807, 2.05) is 13.0 Å². The topological polar surface area (TPSA) is 67.9 Å². The minimum absolute atomic E-state index is 0.0459. The number of amides is 2. The van der Waals surface area contributed by atoms with Gasteiger partial charge in [-0.15, -0.1) is 0 Å². The van der Waals surface area contributed by atoms with Crippen LogP contribution in [0.4, 0.5) is 5.69 Å². The maximum atomic E-state index is 12.9. The molecule has 6 heteroatoms. The van der Waals surface area contributed by atoms with Gasteiger partial charge >= 0.3 is 0 Å². The normalized spacial score (nSPS) is 20.8. The molecule has 6 nitrogen and oxygen atoms in total. The van der Waals surface area contributed by atoms with Crippen LogP contribution >= 0.6 is 0 Å². The van der Waals surface area contributed by atoms with Gasteiger partial charge in [-0.05, 0) is 61.4 Å². The second-order valence-electron chi connectivity index (χ2n) is 8.41. The molecule has 3 aliphatic rings. The molecule has 2 aliphatic heterocycles. The molecule has 0 saturated carbocycles. The molecule has 156 valence electrons. The Morgan fingerprint density at radius 3 is 2.73 bits per heavy atom. The first-order valence-electron chi connectivity index (χ1n) is 10.7. The van der Waals surface area contributed by atoms with E-state index in [0.29, 0.717) is 18.0 Å². The zero-order chi connectivity index (χ0) is 20.7. The van der Waals surface area contributed by atoms with Gasteiger partial charge in [0.2, 0.25) is 18.6 Å². The number of benzene rings is 2. The smallest absolute Gasteiger partial charge is 0.231 e. The molecule has 0 bridgehead atoms. The number of carbonyl (C=O) groups excluding carboxylic acids is 2. The molecule has 2 atom stereocenters. The molecule has 0 radical (unpaired) electrons. The van der Waals surface area contributed by atoms with Gasteiger partial charge in [-0.25, -0.2) is 0 Å². The maximum Gasteiger partial charge on any atom is 0.231 e. The fraction of sp³-hybridized carbons (Fsp3) is 0.417. The van der Waals surface area contributed by atoms with E-state index in [9.17, 15) is 9.59 Å². The molecule has 2 amide bonds. The Morgan fingerprint density at radius 1 is 1.07 bits per heavy atom. The van der Waals surface area contributed by atoms with E-state index < -0.39 is 0 Å². The van der Waals surface area contributed by atoms with Crippen LogP contribution < -0.4 is 19.7 Å². The van der Waals surface area contributed by atoms with E-state index in [1.54, 1.807) is 17.0 Å². The molecule has 2 aromatic rings. The second-order valence-corrected chi connectivity index (χ2v) is 8.41. The Hall–Kier alpha value is -3.02. The standard InChI is InChI=1S/C24H26N2O4/c1-15(17-7-6-16-4-2-3-5-18(16)10-17)25-24(28)19-11-23(27)26(13-19)20-8-9-21-22(12-20)30-14-29-21/h6-10,12,15,19H,2-5,11,13-14H2,1H3,(H,25,28)/t15-,19-/m0/s1. The lowest BCUT2D eigenvalue weighted by atomic mass is 9.89. The number of anilines is 1. The maximum absolute atomic E-state index is 12.9. The number of nitrogens with zero attached hydrogens (tertiary/aromatic N) is 1. The summed E-state index contributed by atoms with van der Waals surface area (Å²) >= 11 is 0. The van der Waals surface area contributed by atoms with Crippen molar-refractivity contribution < 1.29 is 19.1 Å². The van der Waals surface area contributed by atoms with Gasteiger partial charge in [0.15, 0.2) is 11.5 Å². The molecule has 2 aromatic carbocycles. The Bertz CT molecular complexity index is 1000. The van der Waals surface area contributed by atoms with Crippen LogP contribution in [0.2, 0.25) is 0 Å². The van der Waals surface area contributed by atoms with Crippen LogP contribution in [0.15, 0.2) is 36.4 Å². The summed E-state index contributed by atoms with van der Waals surface area (Å²) < 4.78 is 10.7. The number of aryl methyl sites for hydroxylation is 2. The molecule has 2 heterocycles. The first kappa shape index (κ1) is 19.0. The van der Waals surface area contributed by atoms with Crippen LogP contribution in [-0.4, -0.2) is 25.2 Å². The second kappa shape index (κ2) is 7.67. The number of rotatable bonds is 4. The van der Waals surface area contributed by atoms with Crippen molar-refractivity contribution in [2.45, 2.75) is 45.1 Å². The van der Waals surface area contributed by atoms with Crippen LogP contribution in [-0.2, 0) is 22.4 Å². The van der Waals surface area contributed by atoms with Crippen molar-refractivity contribution in [1.82, 2.24) is 5.32 Å². The molecule has 30 heavy (non-hydrogen) atoms. The number of ether oxygens (including phenoxy) is 2. The van der Waals surface area contributed by atoms with E-state index in [4.69, 9.17) is 9.47 Å². The lowest BCUT2D eigenvalue weighted by Crippen LogP contribution is -2.34. The van der Waals surface area contributed by atoms with E-state index in [-0.39, 0.29) is 37.0 Å². The van der Waals surface area contributed by atoms with E-state index >= 15 is 0 Å². The van der Waals surface area contributed by atoms with Gasteiger partial charge < -0.3 is 19.7 Å². The van der Waals surface area contributed by atoms with E-state index in [1.165, 1.54) is 24.0 Å². The highest BCUT2D eigenvalue weighted by Gasteiger charge is 2.36. The fourth-order valence-electron chi connectivity index (χ4n) is 4.62. The van der Waals surface area contributed by atoms with Gasteiger partial charge in [-0.3, -0.25) is 9.59 Å². The van der Waals surface area contributed by atoms with Crippen LogP contribution in [0.3, 0.4) is 0 Å². The predicted octanol–water partition coefficient (Wildman–Crippen LogP) is 3.52. The van der Waals surface area contributed by atoms with Gasteiger partial charge in [-0.2, -0.15) is 0 Å². The summed E-state index contributed by atoms with van der Waals surface area (Å²) in [6.45, 7) is 2.58. The SMILES string of the molecule is C[C@H](NC(=O)[C@H]1CC(=O)N(c2ccc3c(c2)OCO3)C1)c1ccc2c(c1)CCCC2. The third kappa shape index (κ3) is 3.51. The Balaban J connectivity index is 1.25. The Kier molecular flexibility index (Phi) is 4.85. The van der Waals surface area contributed by atoms with Crippen molar-refractivity contribution in [3.05, 3.63) is 53.1 Å². The van der Waals surface area contributed by atoms with Crippen molar-refractivity contribution in [3.63, 3.8) is 0 Å². The molecule has 0 aromatic heterocycles. The van der Waals surface area contributed by atoms with Gasteiger partial charge in [0.05, 0.1) is 12.0 Å². The molecule has 0 unspecified atom stereocenters.